The van der Waals surface area contributed by atoms with Crippen molar-refractivity contribution in [3.8, 4) is 0 Å². The topological polar surface area (TPSA) is 92.8 Å². The summed E-state index contributed by atoms with van der Waals surface area (Å²) in [4.78, 5) is 26.7. The second kappa shape index (κ2) is 7.40. The van der Waals surface area contributed by atoms with E-state index in [-0.39, 0.29) is 10.8 Å². The van der Waals surface area contributed by atoms with E-state index in [9.17, 15) is 18.0 Å². The van der Waals surface area contributed by atoms with Gasteiger partial charge in [0.1, 0.15) is 6.04 Å². The van der Waals surface area contributed by atoms with Crippen LogP contribution in [0.4, 0.5) is 10.5 Å². The van der Waals surface area contributed by atoms with Crippen LogP contribution in [0.15, 0.2) is 53.4 Å². The second-order valence-corrected chi connectivity index (χ2v) is 8.32. The quantitative estimate of drug-likeness (QED) is 0.872. The summed E-state index contributed by atoms with van der Waals surface area (Å²) >= 11 is 0. The van der Waals surface area contributed by atoms with Gasteiger partial charge in [0.15, 0.2) is 9.84 Å². The average Bonchev–Trinajstić information content (AvgIpc) is 2.66. The standard InChI is InChI=1S/C19H20N2O5S/c1-26-19(23)21-12-11-13-5-3-4-6-16(13)17(21)18(22)20-14-7-9-15(10-8-14)27(2,24)25/h3-10,17H,11-12H2,1-2H3,(H,20,22)/t17-/m0/s1. The Labute approximate surface area is 157 Å². The van der Waals surface area contributed by atoms with E-state index in [1.54, 1.807) is 0 Å². The molecule has 7 nitrogen and oxygen atoms in total. The number of benzene rings is 2. The van der Waals surface area contributed by atoms with Crippen molar-refractivity contribution in [2.75, 3.05) is 25.2 Å². The molecule has 2 aromatic rings. The first-order valence-corrected chi connectivity index (χ1v) is 10.2. The van der Waals surface area contributed by atoms with Gasteiger partial charge in [-0.2, -0.15) is 0 Å². The van der Waals surface area contributed by atoms with Gasteiger partial charge >= 0.3 is 6.09 Å². The number of nitrogens with zero attached hydrogens (tertiary/aromatic N) is 1. The first-order valence-electron chi connectivity index (χ1n) is 8.34. The maximum Gasteiger partial charge on any atom is 0.410 e. The molecule has 1 aliphatic rings. The van der Waals surface area contributed by atoms with Crippen molar-refractivity contribution < 1.29 is 22.7 Å². The normalized spacial score (nSPS) is 16.4. The van der Waals surface area contributed by atoms with Crippen molar-refractivity contribution in [3.63, 3.8) is 0 Å². The number of carbonyl (C=O) groups is 2. The first-order chi connectivity index (χ1) is 12.8. The third kappa shape index (κ3) is 3.95. The summed E-state index contributed by atoms with van der Waals surface area (Å²) in [6.45, 7) is 0.370. The summed E-state index contributed by atoms with van der Waals surface area (Å²) in [6.07, 6.45) is 1.18. The van der Waals surface area contributed by atoms with Crippen LogP contribution in [0, 0.1) is 0 Å². The Morgan fingerprint density at radius 1 is 1.11 bits per heavy atom. The van der Waals surface area contributed by atoms with Gasteiger partial charge in [0.05, 0.1) is 12.0 Å². The molecule has 0 saturated carbocycles. The van der Waals surface area contributed by atoms with Crippen LogP contribution in [0.25, 0.3) is 0 Å². The minimum atomic E-state index is -3.31. The van der Waals surface area contributed by atoms with Gasteiger partial charge in [-0.25, -0.2) is 13.2 Å². The largest absolute Gasteiger partial charge is 0.453 e. The number of sulfone groups is 1. The number of fused-ring (bicyclic) bond motifs is 1. The van der Waals surface area contributed by atoms with Crippen LogP contribution < -0.4 is 5.32 Å². The SMILES string of the molecule is COC(=O)N1CCc2ccccc2[C@H]1C(=O)Nc1ccc(S(C)(=O)=O)cc1. The van der Waals surface area contributed by atoms with Gasteiger partial charge in [-0.15, -0.1) is 0 Å². The summed E-state index contributed by atoms with van der Waals surface area (Å²) in [5.74, 6) is -0.389. The van der Waals surface area contributed by atoms with Crippen LogP contribution in [-0.2, 0) is 25.8 Å². The average molecular weight is 388 g/mol. The maximum atomic E-state index is 13.0. The molecule has 0 fully saturated rings. The van der Waals surface area contributed by atoms with Crippen molar-refractivity contribution in [1.82, 2.24) is 4.90 Å². The highest BCUT2D eigenvalue weighted by molar-refractivity contribution is 7.90. The Morgan fingerprint density at radius 2 is 1.78 bits per heavy atom. The molecule has 1 atom stereocenters. The maximum absolute atomic E-state index is 13.0. The van der Waals surface area contributed by atoms with E-state index in [0.29, 0.717) is 18.7 Å². The molecular formula is C19H20N2O5S. The molecule has 0 aromatic heterocycles. The summed E-state index contributed by atoms with van der Waals surface area (Å²) in [7, 11) is -2.03. The van der Waals surface area contributed by atoms with Gasteiger partial charge in [0.2, 0.25) is 0 Å². The Balaban J connectivity index is 1.89. The zero-order chi connectivity index (χ0) is 19.6. The van der Waals surface area contributed by atoms with Gasteiger partial charge in [-0.05, 0) is 41.8 Å². The van der Waals surface area contributed by atoms with Crippen molar-refractivity contribution in [2.24, 2.45) is 0 Å². The highest BCUT2D eigenvalue weighted by Crippen LogP contribution is 2.31. The Bertz CT molecular complexity index is 970. The second-order valence-electron chi connectivity index (χ2n) is 6.30. The molecule has 2 aromatic carbocycles. The fourth-order valence-corrected chi connectivity index (χ4v) is 3.79. The molecule has 0 spiro atoms. The number of hydrogen-bond donors (Lipinski definition) is 1. The minimum Gasteiger partial charge on any atom is -0.453 e. The number of ether oxygens (including phenoxy) is 1. The molecule has 0 bridgehead atoms. The van der Waals surface area contributed by atoms with Crippen LogP contribution in [0.3, 0.4) is 0 Å². The first kappa shape index (κ1) is 18.9. The van der Waals surface area contributed by atoms with Crippen LogP contribution in [0.5, 0.6) is 0 Å². The predicted molar refractivity (Wildman–Crippen MR) is 100 cm³/mol. The van der Waals surface area contributed by atoms with Crippen LogP contribution in [0.1, 0.15) is 17.2 Å². The van der Waals surface area contributed by atoms with Crippen molar-refractivity contribution in [2.45, 2.75) is 17.4 Å². The third-order valence-electron chi connectivity index (χ3n) is 4.49. The molecule has 1 N–H and O–H groups in total. The van der Waals surface area contributed by atoms with E-state index in [2.05, 4.69) is 5.32 Å². The Morgan fingerprint density at radius 3 is 2.41 bits per heavy atom. The van der Waals surface area contributed by atoms with Gasteiger partial charge in [-0.3, -0.25) is 9.69 Å². The summed E-state index contributed by atoms with van der Waals surface area (Å²) in [6, 6.07) is 12.5. The molecule has 142 valence electrons. The number of carbonyl (C=O) groups excluding carboxylic acids is 2. The highest BCUT2D eigenvalue weighted by atomic mass is 32.2. The van der Waals surface area contributed by atoms with Crippen molar-refractivity contribution in [3.05, 3.63) is 59.7 Å². The molecule has 0 unspecified atom stereocenters. The number of anilines is 1. The molecule has 27 heavy (non-hydrogen) atoms. The van der Waals surface area contributed by atoms with Crippen molar-refractivity contribution >= 4 is 27.5 Å². The van der Waals surface area contributed by atoms with E-state index in [1.807, 2.05) is 24.3 Å². The lowest BCUT2D eigenvalue weighted by molar-refractivity contribution is -0.121. The van der Waals surface area contributed by atoms with Crippen LogP contribution in [-0.4, -0.2) is 45.2 Å². The summed E-state index contributed by atoms with van der Waals surface area (Å²) < 4.78 is 27.9. The smallest absolute Gasteiger partial charge is 0.410 e. The fraction of sp³-hybridized carbons (Fsp3) is 0.263. The molecule has 1 aliphatic heterocycles. The molecule has 8 heteroatoms. The number of methoxy groups -OCH3 is 1. The zero-order valence-electron chi connectivity index (χ0n) is 15.0. The highest BCUT2D eigenvalue weighted by Gasteiger charge is 2.36. The number of hydrogen-bond acceptors (Lipinski definition) is 5. The van der Waals surface area contributed by atoms with E-state index in [0.717, 1.165) is 17.4 Å². The van der Waals surface area contributed by atoms with Crippen molar-refractivity contribution in [1.29, 1.82) is 0 Å². The molecule has 0 saturated heterocycles. The molecule has 1 heterocycles. The molecular weight excluding hydrogens is 368 g/mol. The summed E-state index contributed by atoms with van der Waals surface area (Å²) in [5, 5.41) is 2.76. The fourth-order valence-electron chi connectivity index (χ4n) is 3.16. The van der Waals surface area contributed by atoms with Gasteiger partial charge in [-0.1, -0.05) is 24.3 Å². The van der Waals surface area contributed by atoms with E-state index >= 15 is 0 Å². The minimum absolute atomic E-state index is 0.166. The lowest BCUT2D eigenvalue weighted by Gasteiger charge is -2.35. The number of amides is 2. The Hall–Kier alpha value is -2.87. The molecule has 0 aliphatic carbocycles. The monoisotopic (exact) mass is 388 g/mol. The Kier molecular flexibility index (Phi) is 5.18. The van der Waals surface area contributed by atoms with Gasteiger partial charge in [0, 0.05) is 18.5 Å². The van der Waals surface area contributed by atoms with E-state index in [4.69, 9.17) is 4.74 Å². The third-order valence-corrected chi connectivity index (χ3v) is 5.62. The summed E-state index contributed by atoms with van der Waals surface area (Å²) in [5.41, 5.74) is 2.20. The predicted octanol–water partition coefficient (Wildman–Crippen LogP) is 2.39. The lowest BCUT2D eigenvalue weighted by atomic mass is 9.92. The number of nitrogens with one attached hydrogen (secondary N) is 1. The van der Waals surface area contributed by atoms with E-state index in [1.165, 1.54) is 36.3 Å². The number of rotatable bonds is 3. The zero-order valence-corrected chi connectivity index (χ0v) is 15.8. The van der Waals surface area contributed by atoms with E-state index < -0.39 is 22.0 Å². The van der Waals surface area contributed by atoms with Crippen LogP contribution in [0.2, 0.25) is 0 Å². The lowest BCUT2D eigenvalue weighted by Crippen LogP contribution is -2.45. The van der Waals surface area contributed by atoms with Crippen LogP contribution >= 0.6 is 0 Å². The molecule has 2 amide bonds. The van der Waals surface area contributed by atoms with Gasteiger partial charge in [0.25, 0.3) is 5.91 Å². The molecule has 0 radical (unpaired) electrons. The molecule has 3 rings (SSSR count). The van der Waals surface area contributed by atoms with Gasteiger partial charge < -0.3 is 10.1 Å².